The van der Waals surface area contributed by atoms with Crippen molar-refractivity contribution in [2.45, 2.75) is 58.8 Å². The number of hydrogen-bond acceptors (Lipinski definition) is 3. The smallest absolute Gasteiger partial charge is 0.220 e. The van der Waals surface area contributed by atoms with E-state index in [9.17, 15) is 9.59 Å². The Morgan fingerprint density at radius 1 is 1.07 bits per heavy atom. The molecule has 4 nitrogen and oxygen atoms in total. The first-order valence-electron chi connectivity index (χ1n) is 10.7. The number of carbonyl (C=O) groups is 2. The number of nitrogens with zero attached hydrogens (tertiary/aromatic N) is 1. The number of Topliss-reactive ketones (excluding diaryl/α,β-unsaturated/α-hetero) is 1. The molecule has 4 heteroatoms. The highest BCUT2D eigenvalue weighted by Crippen LogP contribution is 2.23. The van der Waals surface area contributed by atoms with Crippen LogP contribution >= 0.6 is 0 Å². The van der Waals surface area contributed by atoms with Gasteiger partial charge in [-0.25, -0.2) is 0 Å². The minimum absolute atomic E-state index is 0.00936. The number of hydrogen-bond donors (Lipinski definition) is 1. The van der Waals surface area contributed by atoms with Crippen LogP contribution in [-0.2, 0) is 17.6 Å². The summed E-state index contributed by atoms with van der Waals surface area (Å²) in [7, 11) is 0. The van der Waals surface area contributed by atoms with Gasteiger partial charge in [0.25, 0.3) is 0 Å². The fourth-order valence-corrected chi connectivity index (χ4v) is 4.71. The van der Waals surface area contributed by atoms with Crippen LogP contribution in [0.3, 0.4) is 0 Å². The second kappa shape index (κ2) is 9.50. The summed E-state index contributed by atoms with van der Waals surface area (Å²) in [5, 5.41) is 2.98. The number of rotatable bonds is 8. The maximum absolute atomic E-state index is 12.4. The Morgan fingerprint density at radius 3 is 2.59 bits per heavy atom. The van der Waals surface area contributed by atoms with Crippen LogP contribution in [0.5, 0.6) is 0 Å². The van der Waals surface area contributed by atoms with Crippen molar-refractivity contribution >= 4 is 11.7 Å². The number of aryl methyl sites for hydroxylation is 2. The quantitative estimate of drug-likeness (QED) is 0.562. The van der Waals surface area contributed by atoms with E-state index in [-0.39, 0.29) is 18.1 Å². The highest BCUT2D eigenvalue weighted by molar-refractivity contribution is 5.98. The molecule has 27 heavy (non-hydrogen) atoms. The zero-order valence-electron chi connectivity index (χ0n) is 16.9. The maximum Gasteiger partial charge on any atom is 0.220 e. The van der Waals surface area contributed by atoms with Gasteiger partial charge in [0.15, 0.2) is 5.78 Å². The molecule has 3 rings (SSSR count). The van der Waals surface area contributed by atoms with Gasteiger partial charge in [0.2, 0.25) is 5.91 Å². The van der Waals surface area contributed by atoms with Gasteiger partial charge >= 0.3 is 0 Å². The first-order chi connectivity index (χ1) is 13.0. The van der Waals surface area contributed by atoms with Gasteiger partial charge < -0.3 is 10.2 Å². The third-order valence-corrected chi connectivity index (χ3v) is 5.92. The monoisotopic (exact) mass is 370 g/mol. The standard InChI is InChI=1S/C23H34N2O2/c1-17-13-18(2)16-25(15-17)12-4-11-24-23(27)10-9-22(26)21-8-7-19-5-3-6-20(19)14-21/h7-8,14,17-18H,3-6,9-13,15-16H2,1-2H3,(H,24,27). The molecule has 1 aromatic carbocycles. The van der Waals surface area contributed by atoms with Crippen LogP contribution < -0.4 is 5.32 Å². The van der Waals surface area contributed by atoms with Gasteiger partial charge in [0.05, 0.1) is 0 Å². The summed E-state index contributed by atoms with van der Waals surface area (Å²) in [6, 6.07) is 6.03. The number of nitrogens with one attached hydrogen (secondary N) is 1. The minimum Gasteiger partial charge on any atom is -0.356 e. The molecule has 2 aliphatic rings. The molecule has 0 bridgehead atoms. The summed E-state index contributed by atoms with van der Waals surface area (Å²) >= 11 is 0. The number of benzene rings is 1. The van der Waals surface area contributed by atoms with Crippen LogP contribution in [0, 0.1) is 11.8 Å². The summed E-state index contributed by atoms with van der Waals surface area (Å²) in [6.45, 7) is 8.74. The predicted molar refractivity (Wildman–Crippen MR) is 109 cm³/mol. The van der Waals surface area contributed by atoms with Crippen molar-refractivity contribution in [2.75, 3.05) is 26.2 Å². The fourth-order valence-electron chi connectivity index (χ4n) is 4.71. The van der Waals surface area contributed by atoms with Crippen molar-refractivity contribution in [3.05, 3.63) is 34.9 Å². The Balaban J connectivity index is 1.32. The van der Waals surface area contributed by atoms with E-state index < -0.39 is 0 Å². The molecule has 2 atom stereocenters. The third-order valence-electron chi connectivity index (χ3n) is 5.92. The number of amides is 1. The molecule has 0 aromatic heterocycles. The number of likely N-dealkylation sites (tertiary alicyclic amines) is 1. The molecule has 1 fully saturated rings. The lowest BCUT2D eigenvalue weighted by atomic mass is 9.92. The zero-order valence-corrected chi connectivity index (χ0v) is 16.9. The second-order valence-corrected chi connectivity index (χ2v) is 8.67. The van der Waals surface area contributed by atoms with Gasteiger partial charge in [-0.05, 0) is 67.7 Å². The van der Waals surface area contributed by atoms with E-state index in [1.165, 1.54) is 37.1 Å². The molecule has 0 spiro atoms. The van der Waals surface area contributed by atoms with Crippen molar-refractivity contribution in [1.29, 1.82) is 0 Å². The number of ketones is 1. The molecule has 1 amide bonds. The van der Waals surface area contributed by atoms with Gasteiger partial charge in [-0.3, -0.25) is 9.59 Å². The average molecular weight is 371 g/mol. The largest absolute Gasteiger partial charge is 0.356 e. The molecule has 1 heterocycles. The van der Waals surface area contributed by atoms with E-state index in [1.54, 1.807) is 0 Å². The summed E-state index contributed by atoms with van der Waals surface area (Å²) in [5.74, 6) is 1.61. The Bertz CT molecular complexity index is 660. The number of carbonyl (C=O) groups excluding carboxylic acids is 2. The van der Waals surface area contributed by atoms with Crippen molar-refractivity contribution in [1.82, 2.24) is 10.2 Å². The Kier molecular flexibility index (Phi) is 7.06. The topological polar surface area (TPSA) is 49.4 Å². The first kappa shape index (κ1) is 20.1. The van der Waals surface area contributed by atoms with E-state index in [0.717, 1.165) is 43.2 Å². The van der Waals surface area contributed by atoms with E-state index in [2.05, 4.69) is 30.1 Å². The van der Waals surface area contributed by atoms with Crippen LogP contribution in [0.25, 0.3) is 0 Å². The maximum atomic E-state index is 12.4. The molecular formula is C23H34N2O2. The van der Waals surface area contributed by atoms with Crippen molar-refractivity contribution in [3.63, 3.8) is 0 Å². The molecule has 0 radical (unpaired) electrons. The van der Waals surface area contributed by atoms with E-state index >= 15 is 0 Å². The van der Waals surface area contributed by atoms with Crippen LogP contribution in [0.4, 0.5) is 0 Å². The van der Waals surface area contributed by atoms with Gasteiger partial charge in [-0.1, -0.05) is 26.0 Å². The SMILES string of the molecule is CC1CC(C)CN(CCCNC(=O)CCC(=O)c2ccc3c(c2)CCC3)C1. The molecule has 1 aliphatic carbocycles. The zero-order chi connectivity index (χ0) is 19.2. The van der Waals surface area contributed by atoms with Crippen molar-refractivity contribution in [3.8, 4) is 0 Å². The van der Waals surface area contributed by atoms with Crippen LogP contribution in [0.15, 0.2) is 18.2 Å². The molecule has 1 N–H and O–H groups in total. The summed E-state index contributed by atoms with van der Waals surface area (Å²) < 4.78 is 0. The van der Waals surface area contributed by atoms with Gasteiger partial charge in [-0.2, -0.15) is 0 Å². The van der Waals surface area contributed by atoms with E-state index in [1.807, 2.05) is 12.1 Å². The lowest BCUT2D eigenvalue weighted by molar-refractivity contribution is -0.121. The average Bonchev–Trinajstić information content (AvgIpc) is 3.10. The lowest BCUT2D eigenvalue weighted by Gasteiger charge is -2.34. The number of fused-ring (bicyclic) bond motifs is 1. The van der Waals surface area contributed by atoms with Crippen molar-refractivity contribution in [2.24, 2.45) is 11.8 Å². The molecule has 1 aliphatic heterocycles. The molecular weight excluding hydrogens is 336 g/mol. The van der Waals surface area contributed by atoms with Crippen molar-refractivity contribution < 1.29 is 9.59 Å². The normalized spacial score (nSPS) is 22.4. The molecule has 1 saturated heterocycles. The summed E-state index contributed by atoms with van der Waals surface area (Å²) in [6.07, 6.45) is 6.27. The summed E-state index contributed by atoms with van der Waals surface area (Å²) in [4.78, 5) is 26.9. The number of piperidine rings is 1. The highest BCUT2D eigenvalue weighted by atomic mass is 16.2. The third kappa shape index (κ3) is 5.90. The molecule has 148 valence electrons. The fraction of sp³-hybridized carbons (Fsp3) is 0.652. The molecule has 1 aromatic rings. The van der Waals surface area contributed by atoms with E-state index in [0.29, 0.717) is 13.0 Å². The first-order valence-corrected chi connectivity index (χ1v) is 10.7. The van der Waals surface area contributed by atoms with Crippen LogP contribution in [0.2, 0.25) is 0 Å². The Labute approximate surface area is 163 Å². The highest BCUT2D eigenvalue weighted by Gasteiger charge is 2.21. The molecule has 2 unspecified atom stereocenters. The Hall–Kier alpha value is -1.68. The van der Waals surface area contributed by atoms with Gasteiger partial charge in [0, 0.05) is 38.0 Å². The van der Waals surface area contributed by atoms with Gasteiger partial charge in [0.1, 0.15) is 0 Å². The second-order valence-electron chi connectivity index (χ2n) is 8.67. The predicted octanol–water partition coefficient (Wildman–Crippen LogP) is 3.62. The molecule has 0 saturated carbocycles. The van der Waals surface area contributed by atoms with Crippen LogP contribution in [0.1, 0.15) is 67.4 Å². The lowest BCUT2D eigenvalue weighted by Crippen LogP contribution is -2.40. The van der Waals surface area contributed by atoms with E-state index in [4.69, 9.17) is 0 Å². The van der Waals surface area contributed by atoms with Gasteiger partial charge in [-0.15, -0.1) is 0 Å². The Morgan fingerprint density at radius 2 is 1.81 bits per heavy atom. The minimum atomic E-state index is -0.00936. The summed E-state index contributed by atoms with van der Waals surface area (Å²) in [5.41, 5.74) is 3.45. The van der Waals surface area contributed by atoms with Crippen LogP contribution in [-0.4, -0.2) is 42.8 Å².